The van der Waals surface area contributed by atoms with Crippen molar-refractivity contribution in [3.63, 3.8) is 0 Å². The Labute approximate surface area is 164 Å². The van der Waals surface area contributed by atoms with Crippen molar-refractivity contribution in [3.05, 3.63) is 36.0 Å². The second kappa shape index (κ2) is 10.5. The van der Waals surface area contributed by atoms with Gasteiger partial charge in [0.1, 0.15) is 6.04 Å². The van der Waals surface area contributed by atoms with Crippen LogP contribution in [0.4, 0.5) is 0 Å². The van der Waals surface area contributed by atoms with Crippen molar-refractivity contribution in [2.75, 3.05) is 33.3 Å². The van der Waals surface area contributed by atoms with Gasteiger partial charge in [0.05, 0.1) is 13.7 Å². The van der Waals surface area contributed by atoms with E-state index in [1.54, 1.807) is 0 Å². The van der Waals surface area contributed by atoms with E-state index in [9.17, 15) is 14.4 Å². The van der Waals surface area contributed by atoms with E-state index in [4.69, 9.17) is 4.74 Å². The molecule has 152 valence electrons. The molecular formula is C20H29N4O4+. The molecule has 1 aromatic heterocycles. The Morgan fingerprint density at radius 2 is 1.86 bits per heavy atom. The van der Waals surface area contributed by atoms with Crippen LogP contribution in [-0.2, 0) is 25.5 Å². The topological polar surface area (TPSA) is 105 Å². The van der Waals surface area contributed by atoms with Crippen molar-refractivity contribution >= 4 is 28.7 Å². The molecule has 8 nitrogen and oxygen atoms in total. The van der Waals surface area contributed by atoms with Crippen molar-refractivity contribution in [2.45, 2.75) is 26.3 Å². The lowest BCUT2D eigenvalue weighted by Gasteiger charge is -2.20. The predicted molar refractivity (Wildman–Crippen MR) is 106 cm³/mol. The average molecular weight is 389 g/mol. The van der Waals surface area contributed by atoms with Crippen LogP contribution in [0.15, 0.2) is 30.5 Å². The van der Waals surface area contributed by atoms with E-state index in [1.807, 2.05) is 44.3 Å². The van der Waals surface area contributed by atoms with E-state index < -0.39 is 12.0 Å². The lowest BCUT2D eigenvalue weighted by molar-refractivity contribution is -0.881. The fourth-order valence-electron chi connectivity index (χ4n) is 3.13. The standard InChI is InChI=1S/C20H28N4O4/c1-4-21-18(25)12-24(5-2)13-19(26)23-17(20(27)28-3)10-14-11-22-16-9-7-6-8-15(14)16/h6-9,11,17,22H,4-5,10,12-13H2,1-3H3,(H,21,25)(H,23,26)/p+1/t17-/m0/s1. The zero-order chi connectivity index (χ0) is 20.5. The van der Waals surface area contributed by atoms with Crippen LogP contribution >= 0.6 is 0 Å². The molecule has 0 aliphatic carbocycles. The summed E-state index contributed by atoms with van der Waals surface area (Å²) in [7, 11) is 1.30. The summed E-state index contributed by atoms with van der Waals surface area (Å²) in [5.41, 5.74) is 1.89. The summed E-state index contributed by atoms with van der Waals surface area (Å²) in [6, 6.07) is 6.98. The number of fused-ring (bicyclic) bond motifs is 1. The highest BCUT2D eigenvalue weighted by Gasteiger charge is 2.25. The Morgan fingerprint density at radius 1 is 1.14 bits per heavy atom. The first-order valence-corrected chi connectivity index (χ1v) is 9.50. The number of quaternary nitrogens is 1. The molecule has 28 heavy (non-hydrogen) atoms. The van der Waals surface area contributed by atoms with Gasteiger partial charge in [0.2, 0.25) is 0 Å². The fraction of sp³-hybridized carbons (Fsp3) is 0.450. The first-order valence-electron chi connectivity index (χ1n) is 9.50. The third kappa shape index (κ3) is 5.82. The highest BCUT2D eigenvalue weighted by Crippen LogP contribution is 2.19. The van der Waals surface area contributed by atoms with Crippen LogP contribution in [0, 0.1) is 0 Å². The molecule has 0 spiro atoms. The van der Waals surface area contributed by atoms with Gasteiger partial charge in [-0.15, -0.1) is 0 Å². The van der Waals surface area contributed by atoms with E-state index >= 15 is 0 Å². The predicted octanol–water partition coefficient (Wildman–Crippen LogP) is -0.591. The van der Waals surface area contributed by atoms with Crippen molar-refractivity contribution < 1.29 is 24.0 Å². The van der Waals surface area contributed by atoms with Crippen LogP contribution in [0.3, 0.4) is 0 Å². The number of nitrogens with one attached hydrogen (secondary N) is 4. The van der Waals surface area contributed by atoms with Crippen LogP contribution in [0.1, 0.15) is 19.4 Å². The largest absolute Gasteiger partial charge is 0.467 e. The molecule has 2 aromatic rings. The molecule has 1 unspecified atom stereocenters. The highest BCUT2D eigenvalue weighted by atomic mass is 16.5. The molecule has 8 heteroatoms. The van der Waals surface area contributed by atoms with E-state index in [2.05, 4.69) is 15.6 Å². The summed E-state index contributed by atoms with van der Waals surface area (Å²) in [5, 5.41) is 6.49. The van der Waals surface area contributed by atoms with Crippen molar-refractivity contribution in [1.29, 1.82) is 0 Å². The normalized spacial score (nSPS) is 13.0. The quantitative estimate of drug-likeness (QED) is 0.408. The zero-order valence-electron chi connectivity index (χ0n) is 16.6. The maximum absolute atomic E-state index is 12.5. The molecule has 2 rings (SSSR count). The maximum atomic E-state index is 12.5. The number of carbonyl (C=O) groups is 3. The molecule has 4 N–H and O–H groups in total. The number of rotatable bonds is 10. The lowest BCUT2D eigenvalue weighted by Crippen LogP contribution is -3.14. The number of carbonyl (C=O) groups excluding carboxylic acids is 3. The number of benzene rings is 1. The molecule has 0 bridgehead atoms. The molecule has 1 heterocycles. The van der Waals surface area contributed by atoms with Gasteiger partial charge in [-0.25, -0.2) is 4.79 Å². The minimum Gasteiger partial charge on any atom is -0.467 e. The minimum atomic E-state index is -0.792. The second-order valence-corrected chi connectivity index (χ2v) is 6.62. The first kappa shape index (κ1) is 21.4. The summed E-state index contributed by atoms with van der Waals surface area (Å²) in [6.45, 7) is 5.25. The Hall–Kier alpha value is -2.87. The van der Waals surface area contributed by atoms with E-state index in [0.29, 0.717) is 19.5 Å². The SMILES string of the molecule is CCNC(=O)C[NH+](CC)CC(=O)N[C@@H](Cc1c[nH]c2ccccc12)C(=O)OC. The summed E-state index contributed by atoms with van der Waals surface area (Å²) >= 11 is 0. The molecule has 0 radical (unpaired) electrons. The monoisotopic (exact) mass is 389 g/mol. The number of hydrogen-bond donors (Lipinski definition) is 4. The average Bonchev–Trinajstić information content (AvgIpc) is 3.09. The van der Waals surface area contributed by atoms with Gasteiger partial charge in [0.15, 0.2) is 13.1 Å². The Balaban J connectivity index is 2.04. The summed E-state index contributed by atoms with van der Waals surface area (Å²) in [6.07, 6.45) is 2.16. The Bertz CT molecular complexity index is 817. The number of H-pyrrole nitrogens is 1. The molecule has 1 aromatic carbocycles. The number of aromatic amines is 1. The van der Waals surface area contributed by atoms with E-state index in [1.165, 1.54) is 7.11 Å². The van der Waals surface area contributed by atoms with Crippen LogP contribution in [0.2, 0.25) is 0 Å². The summed E-state index contributed by atoms with van der Waals surface area (Å²) < 4.78 is 4.87. The first-order chi connectivity index (χ1) is 13.5. The molecule has 0 aliphatic heterocycles. The lowest BCUT2D eigenvalue weighted by atomic mass is 10.0. The summed E-state index contributed by atoms with van der Waals surface area (Å²) in [4.78, 5) is 40.5. The third-order valence-electron chi connectivity index (χ3n) is 4.61. The van der Waals surface area contributed by atoms with Crippen LogP contribution < -0.4 is 15.5 Å². The molecular weight excluding hydrogens is 360 g/mol. The fourth-order valence-corrected chi connectivity index (χ4v) is 3.13. The van der Waals surface area contributed by atoms with Gasteiger partial charge < -0.3 is 25.3 Å². The molecule has 0 saturated heterocycles. The minimum absolute atomic E-state index is 0.101. The van der Waals surface area contributed by atoms with Crippen molar-refractivity contribution in [1.82, 2.24) is 15.6 Å². The number of esters is 1. The van der Waals surface area contributed by atoms with E-state index in [0.717, 1.165) is 21.4 Å². The van der Waals surface area contributed by atoms with Gasteiger partial charge in [-0.2, -0.15) is 0 Å². The summed E-state index contributed by atoms with van der Waals surface area (Å²) in [5.74, 6) is -0.896. The molecule has 0 saturated carbocycles. The highest BCUT2D eigenvalue weighted by molar-refractivity contribution is 5.87. The number of ether oxygens (including phenoxy) is 1. The smallest absolute Gasteiger partial charge is 0.328 e. The van der Waals surface area contributed by atoms with Gasteiger partial charge in [-0.1, -0.05) is 18.2 Å². The number of amides is 2. The maximum Gasteiger partial charge on any atom is 0.328 e. The third-order valence-corrected chi connectivity index (χ3v) is 4.61. The molecule has 2 amide bonds. The van der Waals surface area contributed by atoms with Gasteiger partial charge in [0, 0.05) is 30.1 Å². The molecule has 0 aliphatic rings. The second-order valence-electron chi connectivity index (χ2n) is 6.62. The molecule has 2 atom stereocenters. The Kier molecular flexibility index (Phi) is 8.01. The van der Waals surface area contributed by atoms with Gasteiger partial charge in [0.25, 0.3) is 11.8 Å². The number of aromatic nitrogens is 1. The van der Waals surface area contributed by atoms with E-state index in [-0.39, 0.29) is 24.9 Å². The number of para-hydroxylation sites is 1. The van der Waals surface area contributed by atoms with Crippen molar-refractivity contribution in [2.24, 2.45) is 0 Å². The van der Waals surface area contributed by atoms with Gasteiger partial charge in [-0.05, 0) is 25.5 Å². The van der Waals surface area contributed by atoms with Crippen LogP contribution in [0.5, 0.6) is 0 Å². The zero-order valence-corrected chi connectivity index (χ0v) is 16.6. The van der Waals surface area contributed by atoms with Crippen LogP contribution in [0.25, 0.3) is 10.9 Å². The van der Waals surface area contributed by atoms with Gasteiger partial charge in [-0.3, -0.25) is 9.59 Å². The van der Waals surface area contributed by atoms with Crippen molar-refractivity contribution in [3.8, 4) is 0 Å². The molecule has 0 fully saturated rings. The number of hydrogen-bond acceptors (Lipinski definition) is 4. The van der Waals surface area contributed by atoms with Gasteiger partial charge >= 0.3 is 5.97 Å². The Morgan fingerprint density at radius 3 is 2.54 bits per heavy atom. The number of methoxy groups -OCH3 is 1. The number of likely N-dealkylation sites (N-methyl/N-ethyl adjacent to an activating group) is 2. The van der Waals surface area contributed by atoms with Crippen LogP contribution in [-0.4, -0.2) is 62.1 Å².